The van der Waals surface area contributed by atoms with Crippen LogP contribution in [0.3, 0.4) is 0 Å². The number of benzene rings is 2. The van der Waals surface area contributed by atoms with E-state index in [1.54, 1.807) is 0 Å². The third kappa shape index (κ3) is 2.92. The van der Waals surface area contributed by atoms with Crippen LogP contribution in [0.2, 0.25) is 0 Å². The highest BCUT2D eigenvalue weighted by Crippen LogP contribution is 2.34. The topological polar surface area (TPSA) is 37.4 Å². The molecule has 1 unspecified atom stereocenters. The van der Waals surface area contributed by atoms with E-state index in [1.165, 1.54) is 22.2 Å². The zero-order valence-electron chi connectivity index (χ0n) is 12.6. The van der Waals surface area contributed by atoms with E-state index >= 15 is 0 Å². The van der Waals surface area contributed by atoms with E-state index in [-0.39, 0.29) is 23.5 Å². The number of hydrogen-bond donors (Lipinski definition) is 0. The lowest BCUT2D eigenvalue weighted by Crippen LogP contribution is -2.31. The summed E-state index contributed by atoms with van der Waals surface area (Å²) >= 11 is 1.46. The van der Waals surface area contributed by atoms with Crippen molar-refractivity contribution >= 4 is 29.3 Å². The SMILES string of the molecule is Cc1ccc(SC2CC(=O)N(c3ccc(C)cc3)C2=O)cc1. The van der Waals surface area contributed by atoms with Gasteiger partial charge in [-0.05, 0) is 38.1 Å². The Morgan fingerprint density at radius 3 is 2.05 bits per heavy atom. The first-order valence-corrected chi connectivity index (χ1v) is 8.09. The van der Waals surface area contributed by atoms with Crippen molar-refractivity contribution < 1.29 is 9.59 Å². The van der Waals surface area contributed by atoms with Crippen LogP contribution in [0.1, 0.15) is 17.5 Å². The van der Waals surface area contributed by atoms with Crippen molar-refractivity contribution in [3.8, 4) is 0 Å². The average molecular weight is 311 g/mol. The van der Waals surface area contributed by atoms with Crippen LogP contribution in [-0.4, -0.2) is 17.1 Å². The molecule has 3 rings (SSSR count). The van der Waals surface area contributed by atoms with Crippen LogP contribution >= 0.6 is 11.8 Å². The van der Waals surface area contributed by atoms with Crippen LogP contribution in [0, 0.1) is 13.8 Å². The Labute approximate surface area is 134 Å². The van der Waals surface area contributed by atoms with E-state index in [1.807, 2.05) is 62.4 Å². The zero-order valence-corrected chi connectivity index (χ0v) is 13.4. The minimum atomic E-state index is -0.337. The van der Waals surface area contributed by atoms with Gasteiger partial charge in [0.15, 0.2) is 0 Å². The summed E-state index contributed by atoms with van der Waals surface area (Å²) in [6.07, 6.45) is 0.255. The molecule has 0 N–H and O–H groups in total. The van der Waals surface area contributed by atoms with Crippen molar-refractivity contribution in [2.75, 3.05) is 4.90 Å². The molecule has 0 aromatic heterocycles. The monoisotopic (exact) mass is 311 g/mol. The van der Waals surface area contributed by atoms with Gasteiger partial charge in [-0.15, -0.1) is 11.8 Å². The summed E-state index contributed by atoms with van der Waals surface area (Å²) in [5, 5.41) is -0.337. The van der Waals surface area contributed by atoms with Crippen LogP contribution in [0.5, 0.6) is 0 Å². The number of rotatable bonds is 3. The maximum absolute atomic E-state index is 12.6. The van der Waals surface area contributed by atoms with Gasteiger partial charge in [-0.2, -0.15) is 0 Å². The molecule has 112 valence electrons. The first-order chi connectivity index (χ1) is 10.5. The molecule has 1 heterocycles. The smallest absolute Gasteiger partial charge is 0.247 e. The van der Waals surface area contributed by atoms with Crippen molar-refractivity contribution in [1.82, 2.24) is 0 Å². The lowest BCUT2D eigenvalue weighted by atomic mass is 10.2. The first kappa shape index (κ1) is 14.9. The number of hydrogen-bond acceptors (Lipinski definition) is 3. The van der Waals surface area contributed by atoms with Crippen LogP contribution < -0.4 is 4.90 Å². The van der Waals surface area contributed by atoms with E-state index in [4.69, 9.17) is 0 Å². The molecule has 1 fully saturated rings. The van der Waals surface area contributed by atoms with Crippen LogP contribution in [0.4, 0.5) is 5.69 Å². The quantitative estimate of drug-likeness (QED) is 0.811. The van der Waals surface area contributed by atoms with Crippen LogP contribution in [-0.2, 0) is 9.59 Å². The lowest BCUT2D eigenvalue weighted by Gasteiger charge is -2.15. The number of amides is 2. The highest BCUT2D eigenvalue weighted by molar-refractivity contribution is 8.00. The fourth-order valence-corrected chi connectivity index (χ4v) is 3.50. The summed E-state index contributed by atoms with van der Waals surface area (Å²) in [4.78, 5) is 27.1. The highest BCUT2D eigenvalue weighted by atomic mass is 32.2. The average Bonchev–Trinajstić information content (AvgIpc) is 2.77. The number of carbonyl (C=O) groups excluding carboxylic acids is 2. The first-order valence-electron chi connectivity index (χ1n) is 7.21. The van der Waals surface area contributed by atoms with Gasteiger partial charge >= 0.3 is 0 Å². The molecule has 0 radical (unpaired) electrons. The molecule has 0 bridgehead atoms. The fourth-order valence-electron chi connectivity index (χ4n) is 2.44. The molecule has 0 saturated carbocycles. The van der Waals surface area contributed by atoms with Crippen LogP contribution in [0.25, 0.3) is 0 Å². The van der Waals surface area contributed by atoms with Crippen LogP contribution in [0.15, 0.2) is 53.4 Å². The largest absolute Gasteiger partial charge is 0.274 e. The Balaban J connectivity index is 1.79. The molecule has 4 heteroatoms. The maximum atomic E-state index is 12.6. The molecule has 2 amide bonds. The van der Waals surface area contributed by atoms with E-state index in [0.29, 0.717) is 5.69 Å². The zero-order chi connectivity index (χ0) is 15.7. The summed E-state index contributed by atoms with van der Waals surface area (Å²) in [7, 11) is 0. The summed E-state index contributed by atoms with van der Waals surface area (Å²) < 4.78 is 0. The Morgan fingerprint density at radius 2 is 1.45 bits per heavy atom. The number of imide groups is 1. The van der Waals surface area contributed by atoms with Crippen molar-refractivity contribution in [2.45, 2.75) is 30.4 Å². The number of carbonyl (C=O) groups is 2. The molecular weight excluding hydrogens is 294 g/mol. The third-order valence-corrected chi connectivity index (χ3v) is 4.89. The molecule has 2 aromatic rings. The molecule has 0 spiro atoms. The Hall–Kier alpha value is -2.07. The standard InChI is InChI=1S/C18H17NO2S/c1-12-3-7-14(8-4-12)19-17(20)11-16(18(19)21)22-15-9-5-13(2)6-10-15/h3-10,16H,11H2,1-2H3. The number of anilines is 1. The Kier molecular flexibility index (Phi) is 4.03. The van der Waals surface area contributed by atoms with Gasteiger partial charge in [-0.1, -0.05) is 35.4 Å². The summed E-state index contributed by atoms with van der Waals surface area (Å²) in [5.41, 5.74) is 2.94. The second-order valence-corrected chi connectivity index (χ2v) is 6.80. The molecule has 3 nitrogen and oxygen atoms in total. The second kappa shape index (κ2) is 5.97. The van der Waals surface area contributed by atoms with E-state index in [0.717, 1.165) is 10.5 Å². The molecule has 22 heavy (non-hydrogen) atoms. The summed E-state index contributed by atoms with van der Waals surface area (Å²) in [5.74, 6) is -0.252. The van der Waals surface area contributed by atoms with Gasteiger partial charge in [0.25, 0.3) is 0 Å². The fraction of sp³-hybridized carbons (Fsp3) is 0.222. The van der Waals surface area contributed by atoms with Gasteiger partial charge in [0.05, 0.1) is 10.9 Å². The molecule has 1 aliphatic heterocycles. The number of thioether (sulfide) groups is 1. The Morgan fingerprint density at radius 1 is 0.909 bits per heavy atom. The molecule has 1 aliphatic rings. The molecule has 1 saturated heterocycles. The highest BCUT2D eigenvalue weighted by Gasteiger charge is 2.40. The van der Waals surface area contributed by atoms with E-state index in [2.05, 4.69) is 0 Å². The van der Waals surface area contributed by atoms with Gasteiger partial charge in [0.2, 0.25) is 11.8 Å². The van der Waals surface area contributed by atoms with Gasteiger partial charge < -0.3 is 0 Å². The number of nitrogens with zero attached hydrogens (tertiary/aromatic N) is 1. The summed E-state index contributed by atoms with van der Waals surface area (Å²) in [6.45, 7) is 4.01. The minimum Gasteiger partial charge on any atom is -0.274 e. The van der Waals surface area contributed by atoms with Gasteiger partial charge in [-0.3, -0.25) is 9.59 Å². The molecule has 0 aliphatic carbocycles. The molecule has 1 atom stereocenters. The molecule has 2 aromatic carbocycles. The van der Waals surface area contributed by atoms with Crippen molar-refractivity contribution in [1.29, 1.82) is 0 Å². The number of aryl methyl sites for hydroxylation is 2. The molecular formula is C18H17NO2S. The van der Waals surface area contributed by atoms with Gasteiger partial charge in [-0.25, -0.2) is 4.90 Å². The van der Waals surface area contributed by atoms with Gasteiger partial charge in [0.1, 0.15) is 0 Å². The predicted molar refractivity (Wildman–Crippen MR) is 89.1 cm³/mol. The van der Waals surface area contributed by atoms with Crippen molar-refractivity contribution in [3.05, 3.63) is 59.7 Å². The normalized spacial score (nSPS) is 18.1. The predicted octanol–water partition coefficient (Wildman–Crippen LogP) is 3.73. The lowest BCUT2D eigenvalue weighted by molar-refractivity contribution is -0.121. The van der Waals surface area contributed by atoms with Crippen molar-refractivity contribution in [2.24, 2.45) is 0 Å². The summed E-state index contributed by atoms with van der Waals surface area (Å²) in [6, 6.07) is 15.5. The third-order valence-electron chi connectivity index (χ3n) is 3.70. The minimum absolute atomic E-state index is 0.126. The second-order valence-electron chi connectivity index (χ2n) is 5.53. The Bertz CT molecular complexity index is 707. The van der Waals surface area contributed by atoms with Crippen molar-refractivity contribution in [3.63, 3.8) is 0 Å². The maximum Gasteiger partial charge on any atom is 0.247 e. The van der Waals surface area contributed by atoms with E-state index < -0.39 is 0 Å². The van der Waals surface area contributed by atoms with E-state index in [9.17, 15) is 9.59 Å². The van der Waals surface area contributed by atoms with Gasteiger partial charge in [0, 0.05) is 11.3 Å².